The molecule has 0 spiro atoms. The standard InChI is InChI=1S/C17H13FN4O2/c1-17(13-3-2-6-20-9-13)15(23)22(16(24)21-17)10-12-7-11(8-19)4-5-14(12)18/h2-7,9H,10H2,1H3,(H,21,24). The van der Waals surface area contributed by atoms with Gasteiger partial charge in [-0.25, -0.2) is 9.18 Å². The molecule has 7 heteroatoms. The maximum absolute atomic E-state index is 13.9. The molecule has 120 valence electrons. The van der Waals surface area contributed by atoms with Crippen LogP contribution >= 0.6 is 0 Å². The second kappa shape index (κ2) is 5.74. The summed E-state index contributed by atoms with van der Waals surface area (Å²) in [5, 5.41) is 11.5. The zero-order chi connectivity index (χ0) is 17.3. The topological polar surface area (TPSA) is 86.1 Å². The first kappa shape index (κ1) is 15.6. The predicted octanol–water partition coefficient (Wildman–Crippen LogP) is 2.06. The molecule has 3 rings (SSSR count). The predicted molar refractivity (Wildman–Crippen MR) is 81.8 cm³/mol. The third-order valence-electron chi connectivity index (χ3n) is 4.02. The fourth-order valence-electron chi connectivity index (χ4n) is 2.63. The lowest BCUT2D eigenvalue weighted by Gasteiger charge is -2.21. The zero-order valence-electron chi connectivity index (χ0n) is 12.8. The number of carbonyl (C=O) groups is 2. The average Bonchev–Trinajstić information content (AvgIpc) is 2.81. The van der Waals surface area contributed by atoms with Crippen LogP contribution in [0.4, 0.5) is 9.18 Å². The fraction of sp³-hybridized carbons (Fsp3) is 0.176. The number of benzene rings is 1. The van der Waals surface area contributed by atoms with Crippen molar-refractivity contribution in [2.24, 2.45) is 0 Å². The maximum Gasteiger partial charge on any atom is 0.325 e. The summed E-state index contributed by atoms with van der Waals surface area (Å²) in [7, 11) is 0. The molecule has 1 aromatic heterocycles. The van der Waals surface area contributed by atoms with Crippen molar-refractivity contribution in [2.45, 2.75) is 19.0 Å². The number of rotatable bonds is 3. The lowest BCUT2D eigenvalue weighted by molar-refractivity contribution is -0.131. The summed E-state index contributed by atoms with van der Waals surface area (Å²) in [6, 6.07) is 8.45. The van der Waals surface area contributed by atoms with Gasteiger partial charge in [-0.1, -0.05) is 6.07 Å². The lowest BCUT2D eigenvalue weighted by atomic mass is 9.93. The molecule has 3 amide bonds. The normalized spacial score (nSPS) is 20.0. The summed E-state index contributed by atoms with van der Waals surface area (Å²) in [6.07, 6.45) is 3.06. The number of carbonyl (C=O) groups excluding carboxylic acids is 2. The number of aromatic nitrogens is 1. The zero-order valence-corrected chi connectivity index (χ0v) is 12.8. The molecule has 1 saturated heterocycles. The number of hydrogen-bond donors (Lipinski definition) is 1. The molecule has 1 fully saturated rings. The van der Waals surface area contributed by atoms with Gasteiger partial charge in [0, 0.05) is 23.5 Å². The minimum Gasteiger partial charge on any atom is -0.319 e. The van der Waals surface area contributed by atoms with Gasteiger partial charge in [-0.15, -0.1) is 0 Å². The lowest BCUT2D eigenvalue weighted by Crippen LogP contribution is -2.40. The van der Waals surface area contributed by atoms with E-state index in [1.807, 2.05) is 6.07 Å². The highest BCUT2D eigenvalue weighted by Gasteiger charge is 2.49. The molecular weight excluding hydrogens is 311 g/mol. The molecule has 2 heterocycles. The first-order chi connectivity index (χ1) is 11.5. The van der Waals surface area contributed by atoms with Crippen molar-refractivity contribution in [3.63, 3.8) is 0 Å². The van der Waals surface area contributed by atoms with E-state index in [0.29, 0.717) is 5.56 Å². The highest BCUT2D eigenvalue weighted by Crippen LogP contribution is 2.29. The molecule has 1 atom stereocenters. The van der Waals surface area contributed by atoms with Gasteiger partial charge in [0.1, 0.15) is 11.4 Å². The van der Waals surface area contributed by atoms with Crippen LogP contribution in [0.15, 0.2) is 42.7 Å². The van der Waals surface area contributed by atoms with Crippen molar-refractivity contribution in [1.82, 2.24) is 15.2 Å². The summed E-state index contributed by atoms with van der Waals surface area (Å²) in [4.78, 5) is 29.9. The van der Waals surface area contributed by atoms with Gasteiger partial charge in [0.2, 0.25) is 0 Å². The number of nitrogens with one attached hydrogen (secondary N) is 1. The second-order valence-electron chi connectivity index (χ2n) is 5.61. The first-order valence-electron chi connectivity index (χ1n) is 7.19. The van der Waals surface area contributed by atoms with Crippen molar-refractivity contribution in [3.8, 4) is 6.07 Å². The van der Waals surface area contributed by atoms with Crippen LogP contribution in [0.2, 0.25) is 0 Å². The molecule has 0 radical (unpaired) electrons. The summed E-state index contributed by atoms with van der Waals surface area (Å²) < 4.78 is 13.9. The molecule has 1 unspecified atom stereocenters. The number of urea groups is 1. The quantitative estimate of drug-likeness (QED) is 0.876. The first-order valence-corrected chi connectivity index (χ1v) is 7.19. The molecule has 0 saturated carbocycles. The minimum absolute atomic E-state index is 0.105. The van der Waals surface area contributed by atoms with Crippen molar-refractivity contribution in [2.75, 3.05) is 0 Å². The van der Waals surface area contributed by atoms with Gasteiger partial charge in [0.05, 0.1) is 18.2 Å². The van der Waals surface area contributed by atoms with Crippen LogP contribution in [0.3, 0.4) is 0 Å². The monoisotopic (exact) mass is 324 g/mol. The number of nitriles is 1. The van der Waals surface area contributed by atoms with Crippen LogP contribution < -0.4 is 5.32 Å². The van der Waals surface area contributed by atoms with Crippen LogP contribution in [0.1, 0.15) is 23.6 Å². The molecule has 1 aromatic carbocycles. The smallest absolute Gasteiger partial charge is 0.319 e. The number of nitrogens with zero attached hydrogens (tertiary/aromatic N) is 3. The summed E-state index contributed by atoms with van der Waals surface area (Å²) in [6.45, 7) is 1.33. The molecule has 2 aromatic rings. The third-order valence-corrected chi connectivity index (χ3v) is 4.02. The van der Waals surface area contributed by atoms with E-state index in [9.17, 15) is 14.0 Å². The van der Waals surface area contributed by atoms with E-state index in [2.05, 4.69) is 10.3 Å². The van der Waals surface area contributed by atoms with Crippen LogP contribution in [0, 0.1) is 17.1 Å². The van der Waals surface area contributed by atoms with Crippen molar-refractivity contribution >= 4 is 11.9 Å². The Bertz CT molecular complexity index is 863. The highest BCUT2D eigenvalue weighted by atomic mass is 19.1. The van der Waals surface area contributed by atoms with Crippen molar-refractivity contribution in [1.29, 1.82) is 5.26 Å². The Morgan fingerprint density at radius 1 is 1.38 bits per heavy atom. The van der Waals surface area contributed by atoms with E-state index in [1.54, 1.807) is 25.3 Å². The highest BCUT2D eigenvalue weighted by molar-refractivity contribution is 6.07. The SMILES string of the molecule is CC1(c2cccnc2)NC(=O)N(Cc2cc(C#N)ccc2F)C1=O. The molecule has 6 nitrogen and oxygen atoms in total. The van der Waals surface area contributed by atoms with Gasteiger partial charge in [0.15, 0.2) is 0 Å². The number of hydrogen-bond acceptors (Lipinski definition) is 4. The molecule has 1 aliphatic heterocycles. The van der Waals surface area contributed by atoms with E-state index >= 15 is 0 Å². The fourth-order valence-corrected chi connectivity index (χ4v) is 2.63. The van der Waals surface area contributed by atoms with Crippen LogP contribution in [0.5, 0.6) is 0 Å². The van der Waals surface area contributed by atoms with Gasteiger partial charge in [-0.2, -0.15) is 5.26 Å². The third kappa shape index (κ3) is 2.48. The molecule has 24 heavy (non-hydrogen) atoms. The van der Waals surface area contributed by atoms with Crippen LogP contribution in [-0.2, 0) is 16.9 Å². The number of imide groups is 1. The summed E-state index contributed by atoms with van der Waals surface area (Å²) in [5.41, 5.74) is -0.354. The Morgan fingerprint density at radius 2 is 2.17 bits per heavy atom. The Kier molecular flexibility index (Phi) is 3.73. The van der Waals surface area contributed by atoms with Gasteiger partial charge in [0.25, 0.3) is 5.91 Å². The maximum atomic E-state index is 13.9. The molecular formula is C17H13FN4O2. The van der Waals surface area contributed by atoms with Crippen LogP contribution in [0.25, 0.3) is 0 Å². The average molecular weight is 324 g/mol. The summed E-state index contributed by atoms with van der Waals surface area (Å²) in [5.74, 6) is -1.08. The van der Waals surface area contributed by atoms with Gasteiger partial charge >= 0.3 is 6.03 Å². The Balaban J connectivity index is 1.92. The van der Waals surface area contributed by atoms with E-state index in [4.69, 9.17) is 5.26 Å². The largest absolute Gasteiger partial charge is 0.325 e. The minimum atomic E-state index is -1.26. The van der Waals surface area contributed by atoms with E-state index in [1.165, 1.54) is 18.3 Å². The second-order valence-corrected chi connectivity index (χ2v) is 5.61. The van der Waals surface area contributed by atoms with Crippen molar-refractivity contribution < 1.29 is 14.0 Å². The Morgan fingerprint density at radius 3 is 2.83 bits per heavy atom. The molecule has 0 bridgehead atoms. The van der Waals surface area contributed by atoms with Gasteiger partial charge in [-0.05, 0) is 31.2 Å². The Hall–Kier alpha value is -3.27. The summed E-state index contributed by atoms with van der Waals surface area (Å²) >= 11 is 0. The Labute approximate surface area is 137 Å². The van der Waals surface area contributed by atoms with Crippen LogP contribution in [-0.4, -0.2) is 21.8 Å². The van der Waals surface area contributed by atoms with Crippen molar-refractivity contribution in [3.05, 3.63) is 65.2 Å². The number of amides is 3. The number of halogens is 1. The van der Waals surface area contributed by atoms with E-state index in [-0.39, 0.29) is 17.7 Å². The van der Waals surface area contributed by atoms with E-state index in [0.717, 1.165) is 11.0 Å². The molecule has 0 aliphatic carbocycles. The molecule has 1 N–H and O–H groups in total. The molecule has 1 aliphatic rings. The number of pyridine rings is 1. The van der Waals surface area contributed by atoms with Gasteiger partial charge < -0.3 is 5.32 Å². The van der Waals surface area contributed by atoms with Gasteiger partial charge in [-0.3, -0.25) is 14.7 Å². The van der Waals surface area contributed by atoms with E-state index < -0.39 is 23.3 Å².